The minimum atomic E-state index is -0.182. The molecule has 0 saturated carbocycles. The highest BCUT2D eigenvalue weighted by Crippen LogP contribution is 2.42. The Bertz CT molecular complexity index is 795. The molecule has 0 radical (unpaired) electrons. The van der Waals surface area contributed by atoms with Gasteiger partial charge in [-0.3, -0.25) is 0 Å². The Labute approximate surface area is 159 Å². The molecule has 2 saturated heterocycles. The average Bonchev–Trinajstić information content (AvgIpc) is 3.28. The van der Waals surface area contributed by atoms with Gasteiger partial charge in [-0.2, -0.15) is 0 Å². The Balaban J connectivity index is 0.00000180. The van der Waals surface area contributed by atoms with Crippen LogP contribution in [0.1, 0.15) is 38.2 Å². The van der Waals surface area contributed by atoms with Gasteiger partial charge in [-0.1, -0.05) is 19.6 Å². The summed E-state index contributed by atoms with van der Waals surface area (Å²) in [6.45, 7) is 0.896. The van der Waals surface area contributed by atoms with Gasteiger partial charge in [0.05, 0.1) is 6.61 Å². The van der Waals surface area contributed by atoms with Gasteiger partial charge in [0.25, 0.3) is 0 Å². The summed E-state index contributed by atoms with van der Waals surface area (Å²) in [5.41, 5.74) is 1.21. The first-order valence-corrected chi connectivity index (χ1v) is 9.30. The van der Waals surface area contributed by atoms with Crippen LogP contribution in [-0.4, -0.2) is 25.5 Å². The molecule has 3 aliphatic heterocycles. The van der Waals surface area contributed by atoms with Crippen molar-refractivity contribution in [3.8, 4) is 17.2 Å². The van der Waals surface area contributed by atoms with Gasteiger partial charge in [-0.15, -0.1) is 0 Å². The monoisotopic (exact) mass is 371 g/mol. The Morgan fingerprint density at radius 3 is 2.70 bits per heavy atom. The first-order valence-electron chi connectivity index (χ1n) is 9.30. The van der Waals surface area contributed by atoms with Crippen molar-refractivity contribution in [1.29, 1.82) is 0 Å². The van der Waals surface area contributed by atoms with Crippen LogP contribution in [0.15, 0.2) is 42.5 Å². The molecule has 4 atom stereocenters. The van der Waals surface area contributed by atoms with Crippen molar-refractivity contribution < 1.29 is 18.6 Å². The van der Waals surface area contributed by atoms with E-state index in [-0.39, 0.29) is 20.0 Å². The lowest BCUT2D eigenvalue weighted by Crippen LogP contribution is -2.46. The predicted octanol–water partition coefficient (Wildman–Crippen LogP) is 4.49. The number of piperidine rings is 1. The van der Waals surface area contributed by atoms with Crippen molar-refractivity contribution in [2.75, 3.05) is 13.4 Å². The molecule has 0 spiro atoms. The van der Waals surface area contributed by atoms with E-state index < -0.39 is 0 Å². The fourth-order valence-corrected chi connectivity index (χ4v) is 4.62. The van der Waals surface area contributed by atoms with E-state index in [9.17, 15) is 4.39 Å². The second-order valence-electron chi connectivity index (χ2n) is 7.43. The number of ether oxygens (including phenoxy) is 3. The largest absolute Gasteiger partial charge is 0.493 e. The molecule has 5 rings (SSSR count). The lowest BCUT2D eigenvalue weighted by molar-refractivity contribution is 0.158. The van der Waals surface area contributed by atoms with Gasteiger partial charge in [0.15, 0.2) is 11.5 Å². The van der Waals surface area contributed by atoms with Gasteiger partial charge >= 0.3 is 0 Å². The zero-order valence-corrected chi connectivity index (χ0v) is 14.5. The maximum Gasteiger partial charge on any atom is 0.231 e. The smallest absolute Gasteiger partial charge is 0.231 e. The second-order valence-corrected chi connectivity index (χ2v) is 7.43. The minimum Gasteiger partial charge on any atom is -0.493 e. The second kappa shape index (κ2) is 7.39. The summed E-state index contributed by atoms with van der Waals surface area (Å²) in [5, 5.41) is 3.73. The van der Waals surface area contributed by atoms with E-state index in [1.54, 1.807) is 12.1 Å². The number of fused-ring (bicyclic) bond motifs is 3. The normalized spacial score (nSPS) is 27.9. The Hall–Kier alpha value is -2.27. The number of nitrogens with one attached hydrogen (secondary N) is 1. The number of hydrogen-bond acceptors (Lipinski definition) is 4. The van der Waals surface area contributed by atoms with Crippen LogP contribution in [0.3, 0.4) is 0 Å². The molecule has 2 aromatic rings. The third kappa shape index (κ3) is 3.48. The van der Waals surface area contributed by atoms with E-state index in [1.165, 1.54) is 18.4 Å². The molecule has 0 aliphatic carbocycles. The van der Waals surface area contributed by atoms with Crippen LogP contribution in [0, 0.1) is 11.7 Å². The molecule has 144 valence electrons. The minimum absolute atomic E-state index is 0. The summed E-state index contributed by atoms with van der Waals surface area (Å²) >= 11 is 0. The summed E-state index contributed by atoms with van der Waals surface area (Å²) in [6, 6.07) is 13.7. The van der Waals surface area contributed by atoms with E-state index in [1.807, 2.05) is 30.3 Å². The third-order valence-corrected chi connectivity index (χ3v) is 5.93. The highest BCUT2D eigenvalue weighted by atomic mass is 19.1. The van der Waals surface area contributed by atoms with Crippen LogP contribution in [0.4, 0.5) is 4.39 Å². The Morgan fingerprint density at radius 2 is 1.85 bits per heavy atom. The molecule has 0 aromatic heterocycles. The van der Waals surface area contributed by atoms with Gasteiger partial charge < -0.3 is 19.5 Å². The molecule has 2 unspecified atom stereocenters. The number of benzene rings is 2. The predicted molar refractivity (Wildman–Crippen MR) is 102 cm³/mol. The molecule has 1 N–H and O–H groups in total. The quantitative estimate of drug-likeness (QED) is 0.859. The molecule has 27 heavy (non-hydrogen) atoms. The van der Waals surface area contributed by atoms with Crippen LogP contribution in [0.25, 0.3) is 0 Å². The van der Waals surface area contributed by atoms with Crippen LogP contribution < -0.4 is 19.5 Å². The molecule has 5 heteroatoms. The highest BCUT2D eigenvalue weighted by molar-refractivity contribution is 5.46. The average molecular weight is 371 g/mol. The molecular weight excluding hydrogens is 345 g/mol. The zero-order chi connectivity index (χ0) is 17.5. The standard InChI is InChI=1S/C21H22FNO3.CH4/c22-14-3-1-13(2-4-14)17-9-15-5-7-19(23-15)18(17)11-24-16-6-8-20-21(10-16)26-12-25-20;/h1-4,6,8,10,15,17-19,23H,5,7,9,11-12H2;1H4/t15-,17-,18?,19?;/m1./s1. The molecule has 3 aliphatic rings. The fourth-order valence-electron chi connectivity index (χ4n) is 4.62. The van der Waals surface area contributed by atoms with Crippen molar-refractivity contribution in [1.82, 2.24) is 5.32 Å². The number of hydrogen-bond donors (Lipinski definition) is 1. The third-order valence-electron chi connectivity index (χ3n) is 5.93. The molecule has 4 nitrogen and oxygen atoms in total. The van der Waals surface area contributed by atoms with Crippen LogP contribution >= 0.6 is 0 Å². The zero-order valence-electron chi connectivity index (χ0n) is 14.5. The van der Waals surface area contributed by atoms with E-state index in [0.29, 0.717) is 30.5 Å². The Kier molecular flexibility index (Phi) is 4.96. The summed E-state index contributed by atoms with van der Waals surface area (Å²) in [4.78, 5) is 0. The molecule has 2 fully saturated rings. The molecule has 2 aromatic carbocycles. The molecule has 0 amide bonds. The Morgan fingerprint density at radius 1 is 1.04 bits per heavy atom. The maximum absolute atomic E-state index is 13.3. The topological polar surface area (TPSA) is 39.7 Å². The first kappa shape index (κ1) is 18.1. The molecular formula is C22H26FNO3. The summed E-state index contributed by atoms with van der Waals surface area (Å²) in [5.74, 6) is 2.87. The van der Waals surface area contributed by atoms with E-state index in [2.05, 4.69) is 5.32 Å². The van der Waals surface area contributed by atoms with Crippen molar-refractivity contribution >= 4 is 0 Å². The molecule has 3 heterocycles. The lowest BCUT2D eigenvalue weighted by Gasteiger charge is -2.38. The summed E-state index contributed by atoms with van der Waals surface area (Å²) < 4.78 is 30.3. The van der Waals surface area contributed by atoms with Crippen molar-refractivity contribution in [2.45, 2.75) is 44.7 Å². The van der Waals surface area contributed by atoms with Crippen molar-refractivity contribution in [2.24, 2.45) is 5.92 Å². The van der Waals surface area contributed by atoms with Crippen molar-refractivity contribution in [3.63, 3.8) is 0 Å². The van der Waals surface area contributed by atoms with Crippen LogP contribution in [-0.2, 0) is 0 Å². The number of halogens is 1. The van der Waals surface area contributed by atoms with Crippen LogP contribution in [0.2, 0.25) is 0 Å². The van der Waals surface area contributed by atoms with Gasteiger partial charge in [-0.25, -0.2) is 4.39 Å². The van der Waals surface area contributed by atoms with E-state index in [0.717, 1.165) is 23.7 Å². The SMILES string of the molecule is C.Fc1ccc([C@H]2C[C@H]3CCC(N3)C2COc2ccc3c(c2)OCO3)cc1. The first-order chi connectivity index (χ1) is 12.8. The summed E-state index contributed by atoms with van der Waals surface area (Å²) in [6.07, 6.45) is 3.47. The highest BCUT2D eigenvalue weighted by Gasteiger charge is 2.42. The molecule has 2 bridgehead atoms. The van der Waals surface area contributed by atoms with Gasteiger partial charge in [0.1, 0.15) is 11.6 Å². The lowest BCUT2D eigenvalue weighted by atomic mass is 9.77. The van der Waals surface area contributed by atoms with Gasteiger partial charge in [0, 0.05) is 24.1 Å². The van der Waals surface area contributed by atoms with E-state index in [4.69, 9.17) is 14.2 Å². The van der Waals surface area contributed by atoms with Crippen LogP contribution in [0.5, 0.6) is 17.2 Å². The van der Waals surface area contributed by atoms with Gasteiger partial charge in [-0.05, 0) is 55.0 Å². The summed E-state index contributed by atoms with van der Waals surface area (Å²) in [7, 11) is 0. The van der Waals surface area contributed by atoms with E-state index >= 15 is 0 Å². The number of rotatable bonds is 4. The maximum atomic E-state index is 13.3. The fraction of sp³-hybridized carbons (Fsp3) is 0.455. The van der Waals surface area contributed by atoms with Gasteiger partial charge in [0.2, 0.25) is 6.79 Å². The van der Waals surface area contributed by atoms with Crippen molar-refractivity contribution in [3.05, 3.63) is 53.8 Å².